The summed E-state index contributed by atoms with van der Waals surface area (Å²) in [6.45, 7) is 1.98. The molecule has 0 saturated carbocycles. The summed E-state index contributed by atoms with van der Waals surface area (Å²) in [4.78, 5) is 7.21. The second kappa shape index (κ2) is 5.84. The Morgan fingerprint density at radius 2 is 2.00 bits per heavy atom. The van der Waals surface area contributed by atoms with E-state index in [9.17, 15) is 0 Å². The molecule has 0 spiro atoms. The van der Waals surface area contributed by atoms with Crippen LogP contribution in [0.3, 0.4) is 0 Å². The molecule has 0 aromatic heterocycles. The first-order valence-electron chi connectivity index (χ1n) is 7.74. The van der Waals surface area contributed by atoms with E-state index in [1.165, 1.54) is 5.57 Å². The largest absolute Gasteiger partial charge is 0.454 e. The number of rotatable bonds is 1. The number of fused-ring (bicyclic) bond motifs is 2. The van der Waals surface area contributed by atoms with Gasteiger partial charge in [-0.25, -0.2) is 4.99 Å². The van der Waals surface area contributed by atoms with Crippen LogP contribution in [-0.2, 0) is 0 Å². The number of halogens is 1. The molecule has 0 radical (unpaired) electrons. The van der Waals surface area contributed by atoms with Crippen molar-refractivity contribution in [2.45, 2.75) is 6.42 Å². The zero-order valence-electron chi connectivity index (χ0n) is 12.9. The third-order valence-electron chi connectivity index (χ3n) is 4.23. The van der Waals surface area contributed by atoms with Gasteiger partial charge in [0.25, 0.3) is 0 Å². The number of benzene rings is 2. The Kier molecular flexibility index (Phi) is 3.68. The molecule has 2 aliphatic rings. The molecule has 2 heterocycles. The van der Waals surface area contributed by atoms with E-state index in [-0.39, 0.29) is 0 Å². The fourth-order valence-electron chi connectivity index (χ4n) is 2.95. The van der Waals surface area contributed by atoms with Gasteiger partial charge in [0.05, 0.1) is 5.71 Å². The molecule has 4 rings (SSSR count). The van der Waals surface area contributed by atoms with Gasteiger partial charge < -0.3 is 9.64 Å². The smallest absolute Gasteiger partial charge is 0.153 e. The molecule has 2 aromatic carbocycles. The highest BCUT2D eigenvalue weighted by Gasteiger charge is 2.22. The van der Waals surface area contributed by atoms with Crippen LogP contribution in [0.5, 0.6) is 11.5 Å². The van der Waals surface area contributed by atoms with Gasteiger partial charge in [-0.3, -0.25) is 0 Å². The van der Waals surface area contributed by atoms with Crippen LogP contribution >= 0.6 is 11.6 Å². The summed E-state index contributed by atoms with van der Waals surface area (Å²) in [5.74, 6) is 1.58. The predicted molar refractivity (Wildman–Crippen MR) is 94.4 cm³/mol. The Hall–Kier alpha value is -2.10. The van der Waals surface area contributed by atoms with E-state index in [0.29, 0.717) is 5.02 Å². The summed E-state index contributed by atoms with van der Waals surface area (Å²) in [5, 5.41) is 0.666. The molecule has 0 saturated heterocycles. The fraction of sp³-hybridized carbons (Fsp3) is 0.211. The predicted octanol–water partition coefficient (Wildman–Crippen LogP) is 4.83. The van der Waals surface area contributed by atoms with E-state index in [4.69, 9.17) is 21.3 Å². The lowest BCUT2D eigenvalue weighted by molar-refractivity contribution is 0.362. The Labute approximate surface area is 140 Å². The minimum atomic E-state index is 0.666. The van der Waals surface area contributed by atoms with Crippen molar-refractivity contribution in [2.24, 2.45) is 4.99 Å². The lowest BCUT2D eigenvalue weighted by atomic mass is 9.96. The molecule has 0 aliphatic carbocycles. The van der Waals surface area contributed by atoms with Crippen LogP contribution in [0.4, 0.5) is 5.69 Å². The standard InChI is InChI=1S/C19H17ClN2O/c1-22-10-8-13(9-11-22)19-15-4-2-3-5-17(15)23-18-7-6-14(20)12-16(18)21-19/h2-8,12H,9-11H2,1H3. The van der Waals surface area contributed by atoms with Gasteiger partial charge in [0, 0.05) is 23.7 Å². The van der Waals surface area contributed by atoms with Crippen molar-refractivity contribution in [2.75, 3.05) is 20.1 Å². The van der Waals surface area contributed by atoms with Gasteiger partial charge >= 0.3 is 0 Å². The number of aliphatic imine (C=N–C) groups is 1. The zero-order chi connectivity index (χ0) is 15.8. The number of nitrogens with zero attached hydrogens (tertiary/aromatic N) is 2. The summed E-state index contributed by atoms with van der Waals surface area (Å²) in [5.41, 5.74) is 4.08. The monoisotopic (exact) mass is 324 g/mol. The van der Waals surface area contributed by atoms with Crippen LogP contribution < -0.4 is 4.74 Å². The quantitative estimate of drug-likeness (QED) is 0.750. The van der Waals surface area contributed by atoms with Crippen molar-refractivity contribution < 1.29 is 4.74 Å². The van der Waals surface area contributed by atoms with Gasteiger partial charge in [-0.15, -0.1) is 0 Å². The van der Waals surface area contributed by atoms with Gasteiger partial charge in [-0.1, -0.05) is 29.8 Å². The molecule has 0 N–H and O–H groups in total. The van der Waals surface area contributed by atoms with Crippen molar-refractivity contribution in [3.05, 3.63) is 64.7 Å². The van der Waals surface area contributed by atoms with Crippen molar-refractivity contribution in [1.82, 2.24) is 4.90 Å². The maximum Gasteiger partial charge on any atom is 0.153 e. The third kappa shape index (κ3) is 2.78. The molecular formula is C19H17ClN2O. The second-order valence-corrected chi connectivity index (χ2v) is 6.35. The van der Waals surface area contributed by atoms with E-state index in [0.717, 1.165) is 48.0 Å². The van der Waals surface area contributed by atoms with Crippen molar-refractivity contribution in [3.63, 3.8) is 0 Å². The molecule has 0 bridgehead atoms. The number of hydrogen-bond acceptors (Lipinski definition) is 3. The lowest BCUT2D eigenvalue weighted by Gasteiger charge is -2.23. The first-order chi connectivity index (χ1) is 11.2. The van der Waals surface area contributed by atoms with Crippen LogP contribution in [0.2, 0.25) is 5.02 Å². The average Bonchev–Trinajstić information content (AvgIpc) is 2.72. The third-order valence-corrected chi connectivity index (χ3v) is 4.47. The van der Waals surface area contributed by atoms with Gasteiger partial charge in [0.1, 0.15) is 11.4 Å². The van der Waals surface area contributed by atoms with Gasteiger partial charge in [-0.2, -0.15) is 0 Å². The van der Waals surface area contributed by atoms with Gasteiger partial charge in [-0.05, 0) is 49.4 Å². The topological polar surface area (TPSA) is 24.8 Å². The lowest BCUT2D eigenvalue weighted by Crippen LogP contribution is -2.26. The van der Waals surface area contributed by atoms with Gasteiger partial charge in [0.2, 0.25) is 0 Å². The summed E-state index contributed by atoms with van der Waals surface area (Å²) in [7, 11) is 2.13. The second-order valence-electron chi connectivity index (χ2n) is 5.91. The fourth-order valence-corrected chi connectivity index (χ4v) is 3.11. The highest BCUT2D eigenvalue weighted by molar-refractivity contribution is 6.31. The van der Waals surface area contributed by atoms with Crippen LogP contribution in [0.15, 0.2) is 59.1 Å². The van der Waals surface area contributed by atoms with E-state index in [2.05, 4.69) is 24.1 Å². The molecule has 0 fully saturated rings. The highest BCUT2D eigenvalue weighted by atomic mass is 35.5. The van der Waals surface area contributed by atoms with Crippen LogP contribution in [0.25, 0.3) is 0 Å². The van der Waals surface area contributed by atoms with Crippen LogP contribution in [0.1, 0.15) is 12.0 Å². The van der Waals surface area contributed by atoms with Crippen LogP contribution in [0, 0.1) is 0 Å². The Morgan fingerprint density at radius 3 is 2.83 bits per heavy atom. The highest BCUT2D eigenvalue weighted by Crippen LogP contribution is 2.40. The van der Waals surface area contributed by atoms with Crippen molar-refractivity contribution in [3.8, 4) is 11.5 Å². The molecule has 2 aliphatic heterocycles. The van der Waals surface area contributed by atoms with E-state index < -0.39 is 0 Å². The Morgan fingerprint density at radius 1 is 1.13 bits per heavy atom. The van der Waals surface area contributed by atoms with E-state index in [1.54, 1.807) is 0 Å². The van der Waals surface area contributed by atoms with E-state index in [1.807, 2.05) is 36.4 Å². The number of ether oxygens (including phenoxy) is 1. The van der Waals surface area contributed by atoms with Crippen molar-refractivity contribution in [1.29, 1.82) is 0 Å². The van der Waals surface area contributed by atoms with Gasteiger partial charge in [0.15, 0.2) is 5.75 Å². The molecule has 116 valence electrons. The summed E-state index contributed by atoms with van der Waals surface area (Å²) in [6.07, 6.45) is 3.24. The Bertz CT molecular complexity index is 826. The zero-order valence-corrected chi connectivity index (χ0v) is 13.7. The first kappa shape index (κ1) is 14.5. The summed E-state index contributed by atoms with van der Waals surface area (Å²) < 4.78 is 6.09. The molecule has 23 heavy (non-hydrogen) atoms. The maximum absolute atomic E-state index is 6.15. The summed E-state index contributed by atoms with van der Waals surface area (Å²) in [6, 6.07) is 13.6. The van der Waals surface area contributed by atoms with Crippen LogP contribution in [-0.4, -0.2) is 30.7 Å². The normalized spacial score (nSPS) is 17.3. The molecule has 0 amide bonds. The maximum atomic E-state index is 6.15. The molecule has 0 unspecified atom stereocenters. The SMILES string of the molecule is CN1CC=C(C2=Nc3cc(Cl)ccc3Oc3ccccc32)CC1. The average molecular weight is 325 g/mol. The minimum absolute atomic E-state index is 0.666. The Balaban J connectivity index is 1.90. The minimum Gasteiger partial charge on any atom is -0.454 e. The van der Waals surface area contributed by atoms with E-state index >= 15 is 0 Å². The summed E-state index contributed by atoms with van der Waals surface area (Å²) >= 11 is 6.15. The first-order valence-corrected chi connectivity index (χ1v) is 8.12. The molecular weight excluding hydrogens is 308 g/mol. The molecule has 2 aromatic rings. The molecule has 4 heteroatoms. The van der Waals surface area contributed by atoms with Crippen molar-refractivity contribution >= 4 is 23.0 Å². The number of hydrogen-bond donors (Lipinski definition) is 0. The number of para-hydroxylation sites is 1. The number of likely N-dealkylation sites (N-methyl/N-ethyl adjacent to an activating group) is 1. The molecule has 0 atom stereocenters. The molecule has 3 nitrogen and oxygen atoms in total.